The lowest BCUT2D eigenvalue weighted by atomic mass is 10.1. The largest absolute Gasteiger partial charge is 0.300 e. The molecule has 0 radical (unpaired) electrons. The minimum Gasteiger partial charge on any atom is -0.255 e. The van der Waals surface area contributed by atoms with Gasteiger partial charge >= 0.3 is 10.2 Å². The van der Waals surface area contributed by atoms with E-state index in [0.717, 1.165) is 6.07 Å². The van der Waals surface area contributed by atoms with Gasteiger partial charge in [0.05, 0.1) is 0 Å². The molecule has 0 amide bonds. The van der Waals surface area contributed by atoms with E-state index in [9.17, 15) is 12.8 Å². The third-order valence-corrected chi connectivity index (χ3v) is 2.75. The maximum atomic E-state index is 12.7. The van der Waals surface area contributed by atoms with Gasteiger partial charge in [-0.1, -0.05) is 6.07 Å². The minimum atomic E-state index is -3.74. The SMILES string of the molecule is CC(C)(C)NS(=O)(=O)Nc1cccc(F)n1. The smallest absolute Gasteiger partial charge is 0.255 e. The predicted octanol–water partition coefficient (Wildman–Crippen LogP) is 1.27. The number of anilines is 1. The van der Waals surface area contributed by atoms with Crippen LogP contribution in [0.2, 0.25) is 0 Å². The van der Waals surface area contributed by atoms with Crippen molar-refractivity contribution in [2.75, 3.05) is 4.72 Å². The van der Waals surface area contributed by atoms with Gasteiger partial charge in [0.25, 0.3) is 0 Å². The van der Waals surface area contributed by atoms with E-state index >= 15 is 0 Å². The average Bonchev–Trinajstić information content (AvgIpc) is 1.96. The number of rotatable bonds is 3. The molecule has 1 aromatic rings. The van der Waals surface area contributed by atoms with E-state index in [0.29, 0.717) is 0 Å². The molecule has 0 bridgehead atoms. The van der Waals surface area contributed by atoms with Crippen LogP contribution in [0.4, 0.5) is 10.2 Å². The van der Waals surface area contributed by atoms with Gasteiger partial charge in [-0.25, -0.2) is 4.98 Å². The Hall–Kier alpha value is -1.21. The number of hydrogen-bond acceptors (Lipinski definition) is 3. The number of nitrogens with one attached hydrogen (secondary N) is 2. The van der Waals surface area contributed by atoms with Crippen molar-refractivity contribution in [3.63, 3.8) is 0 Å². The van der Waals surface area contributed by atoms with Gasteiger partial charge in [-0.15, -0.1) is 0 Å². The van der Waals surface area contributed by atoms with E-state index in [1.807, 2.05) is 0 Å². The first-order valence-corrected chi connectivity index (χ1v) is 6.10. The van der Waals surface area contributed by atoms with Gasteiger partial charge in [-0.05, 0) is 32.9 Å². The van der Waals surface area contributed by atoms with Crippen LogP contribution < -0.4 is 9.44 Å². The maximum absolute atomic E-state index is 12.7. The number of hydrogen-bond donors (Lipinski definition) is 2. The van der Waals surface area contributed by atoms with Crippen LogP contribution in [-0.4, -0.2) is 18.9 Å². The van der Waals surface area contributed by atoms with Crippen LogP contribution in [0.1, 0.15) is 20.8 Å². The summed E-state index contributed by atoms with van der Waals surface area (Å²) in [5.74, 6) is -0.798. The molecule has 0 atom stereocenters. The van der Waals surface area contributed by atoms with E-state index in [1.165, 1.54) is 12.1 Å². The zero-order valence-electron chi connectivity index (χ0n) is 9.28. The lowest BCUT2D eigenvalue weighted by Gasteiger charge is -2.20. The summed E-state index contributed by atoms with van der Waals surface area (Å²) in [6, 6.07) is 3.87. The van der Waals surface area contributed by atoms with Crippen LogP contribution in [0.3, 0.4) is 0 Å². The third kappa shape index (κ3) is 4.54. The zero-order chi connectivity index (χ0) is 12.4. The molecule has 0 aliphatic carbocycles. The Bertz CT molecular complexity index is 468. The average molecular weight is 247 g/mol. The lowest BCUT2D eigenvalue weighted by molar-refractivity contribution is 0.494. The number of halogens is 1. The van der Waals surface area contributed by atoms with Gasteiger partial charge < -0.3 is 0 Å². The van der Waals surface area contributed by atoms with Crippen molar-refractivity contribution < 1.29 is 12.8 Å². The quantitative estimate of drug-likeness (QED) is 0.790. The molecule has 2 N–H and O–H groups in total. The van der Waals surface area contributed by atoms with Crippen LogP contribution >= 0.6 is 0 Å². The summed E-state index contributed by atoms with van der Waals surface area (Å²) in [4.78, 5) is 3.39. The van der Waals surface area contributed by atoms with Gasteiger partial charge in [0.1, 0.15) is 5.82 Å². The molecule has 0 saturated carbocycles. The van der Waals surface area contributed by atoms with Crippen molar-refractivity contribution in [1.29, 1.82) is 0 Å². The second kappa shape index (κ2) is 4.34. The molecule has 0 aliphatic heterocycles. The molecule has 1 aromatic heterocycles. The van der Waals surface area contributed by atoms with E-state index < -0.39 is 21.7 Å². The highest BCUT2D eigenvalue weighted by Gasteiger charge is 2.19. The first-order chi connectivity index (χ1) is 7.18. The van der Waals surface area contributed by atoms with Crippen molar-refractivity contribution in [3.05, 3.63) is 24.1 Å². The standard InChI is InChI=1S/C9H14FN3O2S/c1-9(2,3)13-16(14,15)12-8-6-4-5-7(10)11-8/h4-6,13H,1-3H3,(H,11,12). The van der Waals surface area contributed by atoms with Crippen LogP contribution in [-0.2, 0) is 10.2 Å². The van der Waals surface area contributed by atoms with Crippen LogP contribution in [0.25, 0.3) is 0 Å². The number of nitrogens with zero attached hydrogens (tertiary/aromatic N) is 1. The summed E-state index contributed by atoms with van der Waals surface area (Å²) in [6.07, 6.45) is 0. The Balaban J connectivity index is 2.81. The zero-order valence-corrected chi connectivity index (χ0v) is 10.1. The molecule has 1 rings (SSSR count). The maximum Gasteiger partial charge on any atom is 0.300 e. The minimum absolute atomic E-state index is 0.0586. The number of aromatic nitrogens is 1. The summed E-state index contributed by atoms with van der Waals surface area (Å²) in [7, 11) is -3.74. The molecule has 16 heavy (non-hydrogen) atoms. The fourth-order valence-electron chi connectivity index (χ4n) is 1.03. The fraction of sp³-hybridized carbons (Fsp3) is 0.444. The monoisotopic (exact) mass is 247 g/mol. The Morgan fingerprint density at radius 1 is 1.31 bits per heavy atom. The normalized spacial score (nSPS) is 12.5. The van der Waals surface area contributed by atoms with Crippen molar-refractivity contribution in [2.24, 2.45) is 0 Å². The van der Waals surface area contributed by atoms with Gasteiger partial charge in [0.15, 0.2) is 0 Å². The van der Waals surface area contributed by atoms with Crippen molar-refractivity contribution in [2.45, 2.75) is 26.3 Å². The van der Waals surface area contributed by atoms with Crippen molar-refractivity contribution in [3.8, 4) is 0 Å². The van der Waals surface area contributed by atoms with E-state index in [1.54, 1.807) is 20.8 Å². The molecule has 0 saturated heterocycles. The first kappa shape index (κ1) is 12.9. The summed E-state index contributed by atoms with van der Waals surface area (Å²) >= 11 is 0. The molecular weight excluding hydrogens is 233 g/mol. The molecular formula is C9H14FN3O2S. The lowest BCUT2D eigenvalue weighted by Crippen LogP contribution is -2.43. The Kier molecular flexibility index (Phi) is 3.49. The summed E-state index contributed by atoms with van der Waals surface area (Å²) in [5, 5.41) is 0. The van der Waals surface area contributed by atoms with Crippen LogP contribution in [0, 0.1) is 5.95 Å². The molecule has 1 heterocycles. The van der Waals surface area contributed by atoms with E-state index in [-0.39, 0.29) is 5.82 Å². The second-order valence-corrected chi connectivity index (χ2v) is 5.72. The highest BCUT2D eigenvalue weighted by molar-refractivity contribution is 7.90. The molecule has 0 unspecified atom stereocenters. The van der Waals surface area contributed by atoms with Crippen LogP contribution in [0.15, 0.2) is 18.2 Å². The Labute approximate surface area is 94.3 Å². The van der Waals surface area contributed by atoms with Gasteiger partial charge in [0, 0.05) is 5.54 Å². The molecule has 0 fully saturated rings. The predicted molar refractivity (Wildman–Crippen MR) is 59.6 cm³/mol. The van der Waals surface area contributed by atoms with E-state index in [2.05, 4.69) is 14.4 Å². The third-order valence-electron chi connectivity index (χ3n) is 1.39. The summed E-state index contributed by atoms with van der Waals surface area (Å²) in [5.41, 5.74) is -0.612. The van der Waals surface area contributed by atoms with E-state index in [4.69, 9.17) is 0 Å². The molecule has 90 valence electrons. The van der Waals surface area contributed by atoms with Crippen LogP contribution in [0.5, 0.6) is 0 Å². The highest BCUT2D eigenvalue weighted by Crippen LogP contribution is 2.07. The molecule has 5 nitrogen and oxygen atoms in total. The van der Waals surface area contributed by atoms with Crippen molar-refractivity contribution in [1.82, 2.24) is 9.71 Å². The molecule has 0 aromatic carbocycles. The van der Waals surface area contributed by atoms with Crippen molar-refractivity contribution >= 4 is 16.0 Å². The highest BCUT2D eigenvalue weighted by atomic mass is 32.2. The molecule has 0 spiro atoms. The number of pyridine rings is 1. The Morgan fingerprint density at radius 3 is 2.44 bits per heavy atom. The molecule has 7 heteroatoms. The van der Waals surface area contributed by atoms with Gasteiger partial charge in [-0.2, -0.15) is 17.5 Å². The Morgan fingerprint density at radius 2 is 1.94 bits per heavy atom. The molecule has 0 aliphatic rings. The van der Waals surface area contributed by atoms with Gasteiger partial charge in [0.2, 0.25) is 5.95 Å². The topological polar surface area (TPSA) is 71.1 Å². The second-order valence-electron chi connectivity index (χ2n) is 4.30. The fourth-order valence-corrected chi connectivity index (χ4v) is 2.28. The summed E-state index contributed by atoms with van der Waals surface area (Å²) in [6.45, 7) is 5.10. The first-order valence-electron chi connectivity index (χ1n) is 4.62. The van der Waals surface area contributed by atoms with Gasteiger partial charge in [-0.3, -0.25) is 4.72 Å². The summed E-state index contributed by atoms with van der Waals surface area (Å²) < 4.78 is 40.3.